The Hall–Kier alpha value is -3.11. The van der Waals surface area contributed by atoms with Gasteiger partial charge in [-0.1, -0.05) is 17.9 Å². The van der Waals surface area contributed by atoms with Gasteiger partial charge in [0.1, 0.15) is 0 Å². The van der Waals surface area contributed by atoms with Crippen molar-refractivity contribution in [2.75, 3.05) is 12.4 Å². The van der Waals surface area contributed by atoms with Crippen molar-refractivity contribution in [1.82, 2.24) is 9.97 Å². The third kappa shape index (κ3) is 5.63. The number of amides is 1. The monoisotopic (exact) mass is 449 g/mol. The molecule has 0 radical (unpaired) electrons. The van der Waals surface area contributed by atoms with E-state index in [1.54, 1.807) is 19.5 Å². The number of methoxy groups -OCH3 is 1. The zero-order valence-corrected chi connectivity index (χ0v) is 19.3. The van der Waals surface area contributed by atoms with E-state index in [1.165, 1.54) is 19.8 Å². The number of nitrogens with zero attached hydrogens (tertiary/aromatic N) is 2. The normalized spacial score (nSPS) is 22.8. The van der Waals surface area contributed by atoms with Gasteiger partial charge in [0, 0.05) is 19.3 Å². The van der Waals surface area contributed by atoms with Gasteiger partial charge < -0.3 is 14.6 Å². The molecule has 7 nitrogen and oxygen atoms in total. The molecule has 0 atom stereocenters. The maximum Gasteiger partial charge on any atom is 0.229 e. The summed E-state index contributed by atoms with van der Waals surface area (Å²) < 4.78 is 11.9. The third-order valence-corrected chi connectivity index (χ3v) is 6.51. The van der Waals surface area contributed by atoms with Crippen molar-refractivity contribution in [3.8, 4) is 23.3 Å². The lowest BCUT2D eigenvalue weighted by Gasteiger charge is -2.35. The molecule has 0 unspecified atom stereocenters. The molecule has 1 heterocycles. The molecule has 7 heteroatoms. The molecule has 174 valence electrons. The number of aromatic nitrogens is 2. The summed E-state index contributed by atoms with van der Waals surface area (Å²) in [4.78, 5) is 19.5. The topological polar surface area (TPSA) is 93.6 Å². The van der Waals surface area contributed by atoms with E-state index in [1.807, 2.05) is 6.07 Å². The minimum atomic E-state index is -0.407. The van der Waals surface area contributed by atoms with Crippen molar-refractivity contribution in [3.63, 3.8) is 0 Å². The highest BCUT2D eigenvalue weighted by molar-refractivity contribution is 5.86. The van der Waals surface area contributed by atoms with Gasteiger partial charge in [-0.15, -0.1) is 0 Å². The highest BCUT2D eigenvalue weighted by Crippen LogP contribution is 2.43. The molecule has 0 aliphatic heterocycles. The van der Waals surface area contributed by atoms with Crippen LogP contribution in [0.1, 0.15) is 69.4 Å². The Kier molecular flexibility index (Phi) is 7.14. The Morgan fingerprint density at radius 2 is 1.82 bits per heavy atom. The van der Waals surface area contributed by atoms with Crippen molar-refractivity contribution >= 4 is 11.9 Å². The first-order valence-electron chi connectivity index (χ1n) is 11.6. The highest BCUT2D eigenvalue weighted by Gasteiger charge is 2.36. The van der Waals surface area contributed by atoms with Crippen LogP contribution in [0.2, 0.25) is 0 Å². The predicted molar refractivity (Wildman–Crippen MR) is 125 cm³/mol. The number of nitrogens with one attached hydrogen (secondary N) is 1. The van der Waals surface area contributed by atoms with Crippen LogP contribution in [0, 0.1) is 11.8 Å². The fourth-order valence-electron chi connectivity index (χ4n) is 4.64. The standard InChI is InChI=1S/C26H31N3O4/c1-18(30)29-25-27-16-19(17-28-25)9-12-26(13-10-21(31)11-14-26)20-7-8-23(32-2)24(15-20)33-22-5-3-4-6-22/h7-8,15-17,21-22,31H,3-6,10-11,13-14H2,1-2H3,(H,27,28,29,30)/t21-,26-. The van der Waals surface area contributed by atoms with Crippen molar-refractivity contribution in [2.45, 2.75) is 75.9 Å². The molecule has 0 spiro atoms. The summed E-state index contributed by atoms with van der Waals surface area (Å²) in [5, 5.41) is 12.7. The Balaban J connectivity index is 1.65. The zero-order chi connectivity index (χ0) is 23.3. The highest BCUT2D eigenvalue weighted by atomic mass is 16.5. The summed E-state index contributed by atoms with van der Waals surface area (Å²) in [5.41, 5.74) is 1.34. The van der Waals surface area contributed by atoms with Gasteiger partial charge in [0.25, 0.3) is 0 Å². The number of rotatable bonds is 5. The SMILES string of the molecule is COc1ccc([C@]2(C#Cc3cnc(NC(C)=O)nc3)CC[C@@H](O)CC2)cc1OC1CCCC1. The number of benzene rings is 1. The molecule has 1 amide bonds. The van der Waals surface area contributed by atoms with Crippen LogP contribution in [-0.4, -0.2) is 40.3 Å². The van der Waals surface area contributed by atoms with E-state index < -0.39 is 5.41 Å². The molecule has 1 aromatic carbocycles. The van der Waals surface area contributed by atoms with E-state index >= 15 is 0 Å². The second-order valence-electron chi connectivity index (χ2n) is 8.93. The number of hydrogen-bond acceptors (Lipinski definition) is 6. The van der Waals surface area contributed by atoms with Crippen molar-refractivity contribution < 1.29 is 19.4 Å². The van der Waals surface area contributed by atoms with Gasteiger partial charge in [0.2, 0.25) is 11.9 Å². The summed E-state index contributed by atoms with van der Waals surface area (Å²) in [6, 6.07) is 6.09. The molecule has 0 saturated heterocycles. The first kappa shape index (κ1) is 23.1. The Morgan fingerprint density at radius 1 is 1.12 bits per heavy atom. The molecule has 33 heavy (non-hydrogen) atoms. The van der Waals surface area contributed by atoms with Crippen LogP contribution >= 0.6 is 0 Å². The number of anilines is 1. The Bertz CT molecular complexity index is 1030. The molecule has 2 N–H and O–H groups in total. The van der Waals surface area contributed by atoms with Gasteiger partial charge in [-0.05, 0) is 69.1 Å². The second kappa shape index (κ2) is 10.2. The molecular weight excluding hydrogens is 418 g/mol. The number of aliphatic hydroxyl groups excluding tert-OH is 1. The molecule has 2 aliphatic carbocycles. The minimum Gasteiger partial charge on any atom is -0.493 e. The number of ether oxygens (including phenoxy) is 2. The maximum absolute atomic E-state index is 11.2. The first-order valence-corrected chi connectivity index (χ1v) is 11.6. The smallest absolute Gasteiger partial charge is 0.229 e. The van der Waals surface area contributed by atoms with Crippen molar-refractivity contribution in [2.24, 2.45) is 0 Å². The third-order valence-electron chi connectivity index (χ3n) is 6.51. The minimum absolute atomic E-state index is 0.219. The van der Waals surface area contributed by atoms with Crippen LogP contribution in [-0.2, 0) is 10.2 Å². The molecule has 4 rings (SSSR count). The summed E-state index contributed by atoms with van der Waals surface area (Å²) in [7, 11) is 1.66. The van der Waals surface area contributed by atoms with Gasteiger partial charge >= 0.3 is 0 Å². The van der Waals surface area contributed by atoms with E-state index in [0.717, 1.165) is 42.7 Å². The molecule has 0 bridgehead atoms. The second-order valence-corrected chi connectivity index (χ2v) is 8.93. The quantitative estimate of drug-likeness (QED) is 0.671. The average molecular weight is 450 g/mol. The lowest BCUT2D eigenvalue weighted by Crippen LogP contribution is -2.32. The van der Waals surface area contributed by atoms with E-state index in [2.05, 4.69) is 39.3 Å². The van der Waals surface area contributed by atoms with Gasteiger partial charge in [-0.3, -0.25) is 10.1 Å². The van der Waals surface area contributed by atoms with Gasteiger partial charge in [0.15, 0.2) is 11.5 Å². The first-order chi connectivity index (χ1) is 16.0. The van der Waals surface area contributed by atoms with Gasteiger partial charge in [0.05, 0.1) is 30.3 Å². The average Bonchev–Trinajstić information content (AvgIpc) is 3.33. The number of carbonyl (C=O) groups is 1. The van der Waals surface area contributed by atoms with E-state index in [-0.39, 0.29) is 24.1 Å². The Labute approximate surface area is 194 Å². The van der Waals surface area contributed by atoms with Crippen LogP contribution in [0.4, 0.5) is 5.95 Å². The summed E-state index contributed by atoms with van der Waals surface area (Å²) >= 11 is 0. The van der Waals surface area contributed by atoms with E-state index in [0.29, 0.717) is 18.4 Å². The number of aliphatic hydroxyl groups is 1. The van der Waals surface area contributed by atoms with Crippen LogP contribution in [0.5, 0.6) is 11.5 Å². The largest absolute Gasteiger partial charge is 0.493 e. The maximum atomic E-state index is 11.2. The molecule has 2 aliphatic rings. The van der Waals surface area contributed by atoms with Crippen LogP contribution in [0.15, 0.2) is 30.6 Å². The predicted octanol–water partition coefficient (Wildman–Crippen LogP) is 3.99. The zero-order valence-electron chi connectivity index (χ0n) is 19.3. The van der Waals surface area contributed by atoms with Crippen molar-refractivity contribution in [3.05, 3.63) is 41.7 Å². The fraction of sp³-hybridized carbons (Fsp3) is 0.500. The molecule has 1 aromatic heterocycles. The summed E-state index contributed by atoms with van der Waals surface area (Å²) in [5.74, 6) is 8.24. The lowest BCUT2D eigenvalue weighted by molar-refractivity contribution is -0.114. The van der Waals surface area contributed by atoms with Crippen LogP contribution < -0.4 is 14.8 Å². The van der Waals surface area contributed by atoms with E-state index in [9.17, 15) is 9.90 Å². The van der Waals surface area contributed by atoms with Gasteiger partial charge in [-0.25, -0.2) is 9.97 Å². The molecule has 2 aromatic rings. The molecular formula is C26H31N3O4. The lowest BCUT2D eigenvalue weighted by atomic mass is 9.69. The fourth-order valence-corrected chi connectivity index (χ4v) is 4.64. The summed E-state index contributed by atoms with van der Waals surface area (Å²) in [6.45, 7) is 1.41. The molecule has 2 fully saturated rings. The summed E-state index contributed by atoms with van der Waals surface area (Å²) in [6.07, 6.45) is 10.6. The molecule has 2 saturated carbocycles. The van der Waals surface area contributed by atoms with Crippen LogP contribution in [0.3, 0.4) is 0 Å². The Morgan fingerprint density at radius 3 is 2.45 bits per heavy atom. The van der Waals surface area contributed by atoms with Crippen LogP contribution in [0.25, 0.3) is 0 Å². The number of hydrogen-bond donors (Lipinski definition) is 2. The van der Waals surface area contributed by atoms with Crippen molar-refractivity contribution in [1.29, 1.82) is 0 Å². The van der Waals surface area contributed by atoms with E-state index in [4.69, 9.17) is 9.47 Å². The van der Waals surface area contributed by atoms with Gasteiger partial charge in [-0.2, -0.15) is 0 Å². The number of carbonyl (C=O) groups excluding carboxylic acids is 1.